The number of morpholine rings is 1. The summed E-state index contributed by atoms with van der Waals surface area (Å²) < 4.78 is 5.23. The van der Waals surface area contributed by atoms with Gasteiger partial charge in [-0.05, 0) is 19.8 Å². The SMILES string of the molecule is CC(C)(O)C#Cc1nnc(N2CCOCC2)nn1. The van der Waals surface area contributed by atoms with Crippen molar-refractivity contribution in [1.82, 2.24) is 20.4 Å². The molecule has 1 saturated heterocycles. The molecule has 1 aromatic heterocycles. The van der Waals surface area contributed by atoms with Gasteiger partial charge in [0.1, 0.15) is 5.60 Å². The molecule has 1 aliphatic heterocycles. The van der Waals surface area contributed by atoms with E-state index in [1.54, 1.807) is 13.8 Å². The third kappa shape index (κ3) is 3.61. The fourth-order valence-electron chi connectivity index (χ4n) is 1.37. The molecule has 96 valence electrons. The Bertz CT molecular complexity index is 451. The summed E-state index contributed by atoms with van der Waals surface area (Å²) in [7, 11) is 0. The summed E-state index contributed by atoms with van der Waals surface area (Å²) in [6.07, 6.45) is 0. The molecule has 1 fully saturated rings. The fourth-order valence-corrected chi connectivity index (χ4v) is 1.37. The van der Waals surface area contributed by atoms with E-state index in [9.17, 15) is 5.11 Å². The van der Waals surface area contributed by atoms with E-state index in [1.807, 2.05) is 4.90 Å². The van der Waals surface area contributed by atoms with Gasteiger partial charge in [0.15, 0.2) is 0 Å². The third-order valence-corrected chi connectivity index (χ3v) is 2.24. The molecule has 0 aliphatic carbocycles. The minimum absolute atomic E-state index is 0.203. The van der Waals surface area contributed by atoms with Crippen LogP contribution < -0.4 is 4.90 Å². The minimum Gasteiger partial charge on any atom is -0.378 e. The fraction of sp³-hybridized carbons (Fsp3) is 0.636. The lowest BCUT2D eigenvalue weighted by Gasteiger charge is -2.25. The highest BCUT2D eigenvalue weighted by atomic mass is 16.5. The first kappa shape index (κ1) is 12.7. The van der Waals surface area contributed by atoms with Gasteiger partial charge in [-0.25, -0.2) is 0 Å². The van der Waals surface area contributed by atoms with Crippen LogP contribution in [0.1, 0.15) is 19.7 Å². The smallest absolute Gasteiger partial charge is 0.264 e. The van der Waals surface area contributed by atoms with Crippen LogP contribution in [0.15, 0.2) is 0 Å². The Labute approximate surface area is 105 Å². The van der Waals surface area contributed by atoms with Gasteiger partial charge >= 0.3 is 0 Å². The zero-order valence-electron chi connectivity index (χ0n) is 10.4. The molecule has 1 aromatic rings. The number of rotatable bonds is 1. The lowest BCUT2D eigenvalue weighted by molar-refractivity contribution is 0.122. The molecule has 1 aliphatic rings. The molecule has 2 rings (SSSR count). The number of hydrogen-bond acceptors (Lipinski definition) is 7. The standard InChI is InChI=1S/C11H15N5O2/c1-11(2,17)4-3-9-12-14-10(15-13-9)16-5-7-18-8-6-16/h17H,5-8H2,1-2H3. The molecule has 0 atom stereocenters. The number of anilines is 1. The van der Waals surface area contributed by atoms with Crippen molar-refractivity contribution in [2.45, 2.75) is 19.4 Å². The Balaban J connectivity index is 2.07. The van der Waals surface area contributed by atoms with Crippen LogP contribution in [0.5, 0.6) is 0 Å². The topological polar surface area (TPSA) is 84.3 Å². The molecule has 0 spiro atoms. The molecule has 0 radical (unpaired) electrons. The van der Waals surface area contributed by atoms with Gasteiger partial charge in [0.2, 0.25) is 5.82 Å². The Morgan fingerprint density at radius 2 is 1.78 bits per heavy atom. The van der Waals surface area contributed by atoms with Crippen molar-refractivity contribution in [1.29, 1.82) is 0 Å². The van der Waals surface area contributed by atoms with Crippen LogP contribution in [0.2, 0.25) is 0 Å². The second-order valence-electron chi connectivity index (χ2n) is 4.43. The average molecular weight is 249 g/mol. The third-order valence-electron chi connectivity index (χ3n) is 2.24. The van der Waals surface area contributed by atoms with E-state index in [4.69, 9.17) is 4.74 Å². The van der Waals surface area contributed by atoms with Gasteiger partial charge in [0.05, 0.1) is 13.2 Å². The molecule has 0 saturated carbocycles. The maximum atomic E-state index is 9.45. The maximum absolute atomic E-state index is 9.45. The summed E-state index contributed by atoms with van der Waals surface area (Å²) in [6.45, 7) is 5.95. The normalized spacial score (nSPS) is 16.1. The van der Waals surface area contributed by atoms with Gasteiger partial charge in [0, 0.05) is 13.1 Å². The number of ether oxygens (including phenoxy) is 1. The Kier molecular flexibility index (Phi) is 3.69. The van der Waals surface area contributed by atoms with E-state index < -0.39 is 5.60 Å². The molecule has 0 bridgehead atoms. The van der Waals surface area contributed by atoms with E-state index in [1.165, 1.54) is 0 Å². The van der Waals surface area contributed by atoms with Gasteiger partial charge in [0.25, 0.3) is 5.95 Å². The van der Waals surface area contributed by atoms with Crippen LogP contribution in [0.3, 0.4) is 0 Å². The largest absolute Gasteiger partial charge is 0.378 e. The van der Waals surface area contributed by atoms with Crippen LogP contribution in [-0.2, 0) is 4.74 Å². The van der Waals surface area contributed by atoms with Gasteiger partial charge < -0.3 is 14.7 Å². The molecule has 18 heavy (non-hydrogen) atoms. The van der Waals surface area contributed by atoms with Crippen LogP contribution >= 0.6 is 0 Å². The zero-order valence-corrected chi connectivity index (χ0v) is 10.4. The van der Waals surface area contributed by atoms with Gasteiger partial charge in [-0.2, -0.15) is 0 Å². The summed E-state index contributed by atoms with van der Waals surface area (Å²) in [4.78, 5) is 1.96. The van der Waals surface area contributed by atoms with Gasteiger partial charge in [-0.3, -0.25) is 0 Å². The molecular weight excluding hydrogens is 234 g/mol. The highest BCUT2D eigenvalue weighted by Crippen LogP contribution is 2.06. The quantitative estimate of drug-likeness (QED) is 0.654. The van der Waals surface area contributed by atoms with Crippen LogP contribution in [0.4, 0.5) is 5.95 Å². The zero-order chi connectivity index (χ0) is 13.0. The summed E-state index contributed by atoms with van der Waals surface area (Å²) >= 11 is 0. The molecule has 0 aromatic carbocycles. The number of aliphatic hydroxyl groups is 1. The lowest BCUT2D eigenvalue weighted by Crippen LogP contribution is -2.37. The molecule has 1 N–H and O–H groups in total. The summed E-state index contributed by atoms with van der Waals surface area (Å²) in [5.74, 6) is 5.91. The van der Waals surface area contributed by atoms with Crippen molar-refractivity contribution in [3.8, 4) is 11.8 Å². The van der Waals surface area contributed by atoms with Crippen LogP contribution in [0.25, 0.3) is 0 Å². The van der Waals surface area contributed by atoms with Gasteiger partial charge in [-0.1, -0.05) is 5.92 Å². The van der Waals surface area contributed by atoms with Crippen molar-refractivity contribution in [2.75, 3.05) is 31.2 Å². The predicted molar refractivity (Wildman–Crippen MR) is 63.8 cm³/mol. The van der Waals surface area contributed by atoms with Crippen LogP contribution in [-0.4, -0.2) is 57.4 Å². The van der Waals surface area contributed by atoms with Crippen molar-refractivity contribution in [2.24, 2.45) is 0 Å². The van der Waals surface area contributed by atoms with Gasteiger partial charge in [-0.15, -0.1) is 20.4 Å². The summed E-state index contributed by atoms with van der Waals surface area (Å²) in [6, 6.07) is 0. The molecule has 7 heteroatoms. The number of hydrogen-bond donors (Lipinski definition) is 1. The highest BCUT2D eigenvalue weighted by Gasteiger charge is 2.14. The van der Waals surface area contributed by atoms with Crippen molar-refractivity contribution >= 4 is 5.95 Å². The van der Waals surface area contributed by atoms with Crippen molar-refractivity contribution < 1.29 is 9.84 Å². The second kappa shape index (κ2) is 5.25. The van der Waals surface area contributed by atoms with E-state index in [0.717, 1.165) is 13.1 Å². The van der Waals surface area contributed by atoms with Crippen molar-refractivity contribution in [3.05, 3.63) is 5.82 Å². The second-order valence-corrected chi connectivity index (χ2v) is 4.43. The van der Waals surface area contributed by atoms with E-state index in [-0.39, 0.29) is 5.82 Å². The average Bonchev–Trinajstić information content (AvgIpc) is 2.37. The van der Waals surface area contributed by atoms with E-state index >= 15 is 0 Å². The Hall–Kier alpha value is -1.78. The molecule has 7 nitrogen and oxygen atoms in total. The first-order chi connectivity index (χ1) is 8.54. The molecule has 0 unspecified atom stereocenters. The monoisotopic (exact) mass is 249 g/mol. The number of aromatic nitrogens is 4. The maximum Gasteiger partial charge on any atom is 0.264 e. The first-order valence-corrected chi connectivity index (χ1v) is 5.70. The molecule has 2 heterocycles. The molecular formula is C11H15N5O2. The Morgan fingerprint density at radius 3 is 2.33 bits per heavy atom. The Morgan fingerprint density at radius 1 is 1.17 bits per heavy atom. The predicted octanol–water partition coefficient (Wildman–Crippen LogP) is -0.774. The summed E-state index contributed by atoms with van der Waals surface area (Å²) in [5, 5.41) is 25.1. The molecule has 0 amide bonds. The van der Waals surface area contributed by atoms with Crippen LogP contribution in [0, 0.1) is 11.8 Å². The first-order valence-electron chi connectivity index (χ1n) is 5.70. The van der Waals surface area contributed by atoms with E-state index in [2.05, 4.69) is 32.2 Å². The minimum atomic E-state index is -1.08. The van der Waals surface area contributed by atoms with E-state index in [0.29, 0.717) is 19.2 Å². The number of nitrogens with zero attached hydrogens (tertiary/aromatic N) is 5. The lowest BCUT2D eigenvalue weighted by atomic mass is 10.1. The highest BCUT2D eigenvalue weighted by molar-refractivity contribution is 5.28. The summed E-state index contributed by atoms with van der Waals surface area (Å²) in [5.41, 5.74) is -1.08. The van der Waals surface area contributed by atoms with Crippen molar-refractivity contribution in [3.63, 3.8) is 0 Å².